The third-order valence-electron chi connectivity index (χ3n) is 4.90. The van der Waals surface area contributed by atoms with Crippen LogP contribution in [0.15, 0.2) is 67.1 Å². The van der Waals surface area contributed by atoms with Gasteiger partial charge >= 0.3 is 0 Å². The Morgan fingerprint density at radius 1 is 0.926 bits per heavy atom. The average molecular weight is 361 g/mol. The van der Waals surface area contributed by atoms with Crippen molar-refractivity contribution in [1.82, 2.24) is 24.6 Å². The molecule has 27 heavy (non-hydrogen) atoms. The molecule has 2 aromatic heterocycles. The van der Waals surface area contributed by atoms with Crippen LogP contribution in [0.1, 0.15) is 11.3 Å². The number of piperazine rings is 1. The first-order chi connectivity index (χ1) is 13.3. The lowest BCUT2D eigenvalue weighted by Gasteiger charge is -2.34. The van der Waals surface area contributed by atoms with E-state index in [0.717, 1.165) is 49.7 Å². The summed E-state index contributed by atoms with van der Waals surface area (Å²) in [7, 11) is 0. The summed E-state index contributed by atoms with van der Waals surface area (Å²) in [5, 5.41) is 4.22. The van der Waals surface area contributed by atoms with Crippen LogP contribution in [0, 0.1) is 0 Å². The molecule has 0 N–H and O–H groups in total. The van der Waals surface area contributed by atoms with E-state index >= 15 is 0 Å². The second kappa shape index (κ2) is 8.14. The third-order valence-corrected chi connectivity index (χ3v) is 4.90. The monoisotopic (exact) mass is 361 g/mol. The predicted octanol–water partition coefficient (Wildman–Crippen LogP) is 2.15. The maximum atomic E-state index is 12.6. The van der Waals surface area contributed by atoms with Crippen molar-refractivity contribution in [2.24, 2.45) is 0 Å². The number of carbonyl (C=O) groups excluding carboxylic acids is 1. The molecule has 0 aliphatic carbocycles. The van der Waals surface area contributed by atoms with Crippen LogP contribution in [0.2, 0.25) is 0 Å². The Labute approximate surface area is 159 Å². The number of aromatic nitrogens is 3. The molecule has 1 aliphatic rings. The summed E-state index contributed by atoms with van der Waals surface area (Å²) in [5.74, 6) is 0.194. The summed E-state index contributed by atoms with van der Waals surface area (Å²) in [6.45, 7) is 4.17. The van der Waals surface area contributed by atoms with Crippen LogP contribution in [0.4, 0.5) is 0 Å². The van der Waals surface area contributed by atoms with Gasteiger partial charge in [-0.05, 0) is 35.9 Å². The minimum Gasteiger partial charge on any atom is -0.340 e. The molecule has 3 aromatic rings. The Hall–Kier alpha value is -2.99. The zero-order valence-corrected chi connectivity index (χ0v) is 15.2. The molecule has 1 saturated heterocycles. The normalized spacial score (nSPS) is 15.0. The van der Waals surface area contributed by atoms with Crippen LogP contribution in [-0.4, -0.2) is 56.7 Å². The van der Waals surface area contributed by atoms with E-state index in [-0.39, 0.29) is 5.91 Å². The van der Waals surface area contributed by atoms with Crippen molar-refractivity contribution in [3.8, 4) is 5.69 Å². The quantitative estimate of drug-likeness (QED) is 0.699. The van der Waals surface area contributed by atoms with Crippen molar-refractivity contribution in [2.75, 3.05) is 26.2 Å². The molecule has 138 valence electrons. The zero-order chi connectivity index (χ0) is 18.5. The van der Waals surface area contributed by atoms with Crippen molar-refractivity contribution < 1.29 is 4.79 Å². The van der Waals surface area contributed by atoms with Gasteiger partial charge in [-0.2, -0.15) is 5.10 Å². The highest BCUT2D eigenvalue weighted by Crippen LogP contribution is 2.12. The standard InChI is InChI=1S/C21H23N5O/c27-21(16-18-5-7-20(8-6-18)26-11-3-10-23-26)25-14-12-24(13-15-25)17-19-4-1-2-9-22-19/h1-11H,12-17H2. The molecular weight excluding hydrogens is 338 g/mol. The molecule has 0 radical (unpaired) electrons. The number of hydrogen-bond donors (Lipinski definition) is 0. The first-order valence-corrected chi connectivity index (χ1v) is 9.27. The van der Waals surface area contributed by atoms with E-state index in [9.17, 15) is 4.79 Å². The van der Waals surface area contributed by atoms with E-state index in [1.54, 1.807) is 6.20 Å². The highest BCUT2D eigenvalue weighted by atomic mass is 16.2. The van der Waals surface area contributed by atoms with E-state index in [1.807, 2.05) is 70.5 Å². The maximum absolute atomic E-state index is 12.6. The molecule has 0 unspecified atom stereocenters. The summed E-state index contributed by atoms with van der Waals surface area (Å²) in [6, 6.07) is 15.9. The van der Waals surface area contributed by atoms with Gasteiger partial charge in [0.25, 0.3) is 0 Å². The van der Waals surface area contributed by atoms with Crippen LogP contribution >= 0.6 is 0 Å². The Bertz CT molecular complexity index is 853. The summed E-state index contributed by atoms with van der Waals surface area (Å²) >= 11 is 0. The van der Waals surface area contributed by atoms with E-state index in [4.69, 9.17) is 0 Å². The molecule has 4 rings (SSSR count). The van der Waals surface area contributed by atoms with Crippen LogP contribution in [-0.2, 0) is 17.8 Å². The smallest absolute Gasteiger partial charge is 0.227 e. The Morgan fingerprint density at radius 3 is 2.41 bits per heavy atom. The summed E-state index contributed by atoms with van der Waals surface area (Å²) in [6.07, 6.45) is 5.93. The molecule has 1 aromatic carbocycles. The summed E-state index contributed by atoms with van der Waals surface area (Å²) in [4.78, 5) is 21.3. The lowest BCUT2D eigenvalue weighted by molar-refractivity contribution is -0.132. The van der Waals surface area contributed by atoms with E-state index in [0.29, 0.717) is 6.42 Å². The van der Waals surface area contributed by atoms with Gasteiger partial charge < -0.3 is 4.90 Å². The lowest BCUT2D eigenvalue weighted by Crippen LogP contribution is -2.48. The van der Waals surface area contributed by atoms with Gasteiger partial charge in [-0.15, -0.1) is 0 Å². The number of amides is 1. The number of pyridine rings is 1. The molecule has 0 spiro atoms. The van der Waals surface area contributed by atoms with Crippen molar-refractivity contribution >= 4 is 5.91 Å². The molecule has 0 saturated carbocycles. The largest absolute Gasteiger partial charge is 0.340 e. The van der Waals surface area contributed by atoms with Gasteiger partial charge in [-0.25, -0.2) is 4.68 Å². The van der Waals surface area contributed by atoms with Crippen LogP contribution < -0.4 is 0 Å². The number of rotatable bonds is 5. The fourth-order valence-corrected chi connectivity index (χ4v) is 3.35. The Balaban J connectivity index is 1.28. The number of nitrogens with zero attached hydrogens (tertiary/aromatic N) is 5. The zero-order valence-electron chi connectivity index (χ0n) is 15.2. The van der Waals surface area contributed by atoms with E-state index in [2.05, 4.69) is 15.0 Å². The van der Waals surface area contributed by atoms with Gasteiger partial charge in [0, 0.05) is 51.3 Å². The van der Waals surface area contributed by atoms with E-state index < -0.39 is 0 Å². The SMILES string of the molecule is O=C(Cc1ccc(-n2cccn2)cc1)N1CCN(Cc2ccccn2)CC1. The minimum absolute atomic E-state index is 0.194. The van der Waals surface area contributed by atoms with Crippen molar-refractivity contribution in [2.45, 2.75) is 13.0 Å². The number of hydrogen-bond acceptors (Lipinski definition) is 4. The lowest BCUT2D eigenvalue weighted by atomic mass is 10.1. The average Bonchev–Trinajstić information content (AvgIpc) is 3.25. The Kier molecular flexibility index (Phi) is 5.25. The van der Waals surface area contributed by atoms with Crippen LogP contribution in [0.3, 0.4) is 0 Å². The van der Waals surface area contributed by atoms with Crippen molar-refractivity contribution in [3.63, 3.8) is 0 Å². The molecule has 6 heteroatoms. The molecule has 1 fully saturated rings. The van der Waals surface area contributed by atoms with Crippen LogP contribution in [0.25, 0.3) is 5.69 Å². The topological polar surface area (TPSA) is 54.3 Å². The Morgan fingerprint density at radius 2 is 1.74 bits per heavy atom. The van der Waals surface area contributed by atoms with Gasteiger partial charge in [0.2, 0.25) is 5.91 Å². The molecule has 0 atom stereocenters. The molecule has 6 nitrogen and oxygen atoms in total. The first kappa shape index (κ1) is 17.4. The third kappa shape index (κ3) is 4.41. The van der Waals surface area contributed by atoms with Crippen LogP contribution in [0.5, 0.6) is 0 Å². The van der Waals surface area contributed by atoms with Gasteiger partial charge in [-0.3, -0.25) is 14.7 Å². The fourth-order valence-electron chi connectivity index (χ4n) is 3.35. The molecule has 1 aliphatic heterocycles. The molecule has 0 bridgehead atoms. The van der Waals surface area contributed by atoms with Gasteiger partial charge in [0.05, 0.1) is 17.8 Å². The van der Waals surface area contributed by atoms with E-state index in [1.165, 1.54) is 0 Å². The summed E-state index contributed by atoms with van der Waals surface area (Å²) in [5.41, 5.74) is 3.11. The molecular formula is C21H23N5O. The minimum atomic E-state index is 0.194. The van der Waals surface area contributed by atoms with Gasteiger partial charge in [0.15, 0.2) is 0 Å². The highest BCUT2D eigenvalue weighted by molar-refractivity contribution is 5.79. The van der Waals surface area contributed by atoms with Gasteiger partial charge in [-0.1, -0.05) is 18.2 Å². The molecule has 1 amide bonds. The highest BCUT2D eigenvalue weighted by Gasteiger charge is 2.21. The first-order valence-electron chi connectivity index (χ1n) is 9.27. The number of benzene rings is 1. The second-order valence-corrected chi connectivity index (χ2v) is 6.77. The second-order valence-electron chi connectivity index (χ2n) is 6.77. The summed E-state index contributed by atoms with van der Waals surface area (Å²) < 4.78 is 1.81. The van der Waals surface area contributed by atoms with Crippen molar-refractivity contribution in [1.29, 1.82) is 0 Å². The van der Waals surface area contributed by atoms with Crippen molar-refractivity contribution in [3.05, 3.63) is 78.4 Å². The molecule has 3 heterocycles. The maximum Gasteiger partial charge on any atom is 0.227 e. The predicted molar refractivity (Wildman–Crippen MR) is 103 cm³/mol. The number of carbonyl (C=O) groups is 1. The fraction of sp³-hybridized carbons (Fsp3) is 0.286. The van der Waals surface area contributed by atoms with Gasteiger partial charge in [0.1, 0.15) is 0 Å².